The monoisotopic (exact) mass is 525 g/mol. The fourth-order valence-electron chi connectivity index (χ4n) is 3.93. The number of nitrogens with zero attached hydrogens (tertiary/aromatic N) is 1. The summed E-state index contributed by atoms with van der Waals surface area (Å²) in [5.74, 6) is 0.459. The van der Waals surface area contributed by atoms with Gasteiger partial charge in [0.1, 0.15) is 11.5 Å². The number of rotatable bonds is 15. The van der Waals surface area contributed by atoms with Gasteiger partial charge in [-0.1, -0.05) is 81.5 Å². The molecule has 0 saturated carbocycles. The number of carbonyl (C=O) groups excluding carboxylic acids is 2. The number of ketones is 1. The van der Waals surface area contributed by atoms with Crippen molar-refractivity contribution in [3.8, 4) is 11.5 Å². The Hall–Kier alpha value is -4.12. The van der Waals surface area contributed by atoms with E-state index in [1.54, 1.807) is 36.4 Å². The lowest BCUT2D eigenvalue weighted by Crippen LogP contribution is -2.07. The predicted molar refractivity (Wildman–Crippen MR) is 161 cm³/mol. The van der Waals surface area contributed by atoms with E-state index in [-0.39, 0.29) is 5.78 Å². The van der Waals surface area contributed by atoms with Gasteiger partial charge in [0.15, 0.2) is 5.78 Å². The van der Waals surface area contributed by atoms with Crippen molar-refractivity contribution in [3.05, 3.63) is 102 Å². The molecule has 5 heteroatoms. The Bertz CT molecular complexity index is 1240. The Morgan fingerprint density at radius 2 is 1.38 bits per heavy atom. The molecule has 3 rings (SSSR count). The zero-order chi connectivity index (χ0) is 27.9. The maximum absolute atomic E-state index is 12.6. The normalized spacial score (nSPS) is 11.2. The van der Waals surface area contributed by atoms with Crippen LogP contribution in [0.5, 0.6) is 11.5 Å². The third kappa shape index (κ3) is 10.6. The second kappa shape index (κ2) is 16.0. The van der Waals surface area contributed by atoms with Crippen molar-refractivity contribution >= 4 is 29.6 Å². The molecule has 0 aromatic heterocycles. The average Bonchev–Trinajstić information content (AvgIpc) is 2.95. The molecule has 0 aliphatic carbocycles. The lowest BCUT2D eigenvalue weighted by atomic mass is 10.1. The summed E-state index contributed by atoms with van der Waals surface area (Å²) in [5.41, 5.74) is 3.33. The van der Waals surface area contributed by atoms with Crippen molar-refractivity contribution in [1.29, 1.82) is 0 Å². The zero-order valence-corrected chi connectivity index (χ0v) is 23.3. The Kier molecular flexibility index (Phi) is 12.1. The van der Waals surface area contributed by atoms with E-state index in [1.165, 1.54) is 44.3 Å². The van der Waals surface area contributed by atoms with E-state index in [1.807, 2.05) is 67.5 Å². The molecule has 3 aromatic carbocycles. The second-order valence-electron chi connectivity index (χ2n) is 9.65. The lowest BCUT2D eigenvalue weighted by molar-refractivity contribution is -0.128. The molecule has 0 aliphatic rings. The Morgan fingerprint density at radius 1 is 0.744 bits per heavy atom. The van der Waals surface area contributed by atoms with Crippen molar-refractivity contribution in [3.63, 3.8) is 0 Å². The van der Waals surface area contributed by atoms with Gasteiger partial charge in [-0.05, 0) is 66.1 Å². The highest BCUT2D eigenvalue weighted by Gasteiger charge is 2.06. The zero-order valence-electron chi connectivity index (χ0n) is 23.3. The van der Waals surface area contributed by atoms with E-state index < -0.39 is 5.97 Å². The van der Waals surface area contributed by atoms with Crippen LogP contribution in [0.3, 0.4) is 0 Å². The third-order valence-corrected chi connectivity index (χ3v) is 6.23. The highest BCUT2D eigenvalue weighted by Crippen LogP contribution is 2.18. The van der Waals surface area contributed by atoms with Crippen molar-refractivity contribution in [2.24, 2.45) is 0 Å². The van der Waals surface area contributed by atoms with Crippen molar-refractivity contribution in [2.75, 3.05) is 25.6 Å². The van der Waals surface area contributed by atoms with Gasteiger partial charge in [-0.2, -0.15) is 0 Å². The molecule has 0 aliphatic heterocycles. The molecule has 0 atom stereocenters. The molecular formula is C34H39NO4. The summed E-state index contributed by atoms with van der Waals surface area (Å²) in [6.45, 7) is 2.94. The first-order valence-corrected chi connectivity index (χ1v) is 13.7. The number of unbranched alkanes of at least 4 members (excludes halogenated alkanes) is 5. The van der Waals surface area contributed by atoms with Crippen molar-refractivity contribution in [2.45, 2.75) is 45.4 Å². The van der Waals surface area contributed by atoms with Gasteiger partial charge in [-0.15, -0.1) is 0 Å². The van der Waals surface area contributed by atoms with Crippen LogP contribution in [0.4, 0.5) is 5.69 Å². The number of allylic oxidation sites excluding steroid dienone is 1. The number of hydrogen-bond donors (Lipinski definition) is 0. The molecule has 204 valence electrons. The van der Waals surface area contributed by atoms with Gasteiger partial charge in [0.25, 0.3) is 0 Å². The minimum atomic E-state index is -0.514. The van der Waals surface area contributed by atoms with E-state index in [0.29, 0.717) is 11.3 Å². The van der Waals surface area contributed by atoms with E-state index in [4.69, 9.17) is 9.47 Å². The Balaban J connectivity index is 1.46. The van der Waals surface area contributed by atoms with Gasteiger partial charge < -0.3 is 14.4 Å². The summed E-state index contributed by atoms with van der Waals surface area (Å²) < 4.78 is 11.2. The molecule has 0 heterocycles. The van der Waals surface area contributed by atoms with Crippen LogP contribution in [-0.2, 0) is 4.79 Å². The molecule has 39 heavy (non-hydrogen) atoms. The van der Waals surface area contributed by atoms with Gasteiger partial charge in [-0.3, -0.25) is 4.79 Å². The van der Waals surface area contributed by atoms with Gasteiger partial charge in [0, 0.05) is 31.4 Å². The van der Waals surface area contributed by atoms with Crippen molar-refractivity contribution in [1.82, 2.24) is 0 Å². The standard InChI is InChI=1S/C34H39NO4/c1-4-5-6-7-8-9-25-38-31-21-15-28(16-22-31)18-24-34(37)39-32-12-10-11-29(26-32)33(36)23-17-27-13-19-30(20-14-27)35(2)3/h10-24,26H,4-9,25H2,1-3H3/b23-17+,24-18+. The molecule has 0 unspecified atom stereocenters. The van der Waals surface area contributed by atoms with Crippen LogP contribution < -0.4 is 14.4 Å². The number of carbonyl (C=O) groups is 2. The first-order chi connectivity index (χ1) is 18.9. The predicted octanol–water partition coefficient (Wildman–Crippen LogP) is 8.01. The van der Waals surface area contributed by atoms with Crippen LogP contribution in [0.25, 0.3) is 12.2 Å². The molecule has 5 nitrogen and oxygen atoms in total. The Labute approximate surface area is 232 Å². The van der Waals surface area contributed by atoms with Crippen LogP contribution in [0.2, 0.25) is 0 Å². The summed E-state index contributed by atoms with van der Waals surface area (Å²) in [4.78, 5) is 27.0. The first-order valence-electron chi connectivity index (χ1n) is 13.7. The quantitative estimate of drug-likeness (QED) is 0.0661. The maximum Gasteiger partial charge on any atom is 0.336 e. The summed E-state index contributed by atoms with van der Waals surface area (Å²) in [6.07, 6.45) is 13.7. The van der Waals surface area contributed by atoms with Gasteiger partial charge in [0.2, 0.25) is 0 Å². The molecule has 0 spiro atoms. The van der Waals surface area contributed by atoms with Crippen LogP contribution >= 0.6 is 0 Å². The van der Waals surface area contributed by atoms with Crippen LogP contribution in [0.15, 0.2) is 84.9 Å². The number of anilines is 1. The van der Waals surface area contributed by atoms with Gasteiger partial charge in [-0.25, -0.2) is 4.79 Å². The fourth-order valence-corrected chi connectivity index (χ4v) is 3.93. The number of hydrogen-bond acceptors (Lipinski definition) is 5. The van der Waals surface area contributed by atoms with Gasteiger partial charge in [0.05, 0.1) is 6.61 Å². The summed E-state index contributed by atoms with van der Waals surface area (Å²) in [6, 6.07) is 22.2. The molecule has 0 radical (unpaired) electrons. The highest BCUT2D eigenvalue weighted by molar-refractivity contribution is 6.07. The SMILES string of the molecule is CCCCCCCCOc1ccc(/C=C/C(=O)Oc2cccc(C(=O)/C=C/c3ccc(N(C)C)cc3)c2)cc1. The minimum absolute atomic E-state index is 0.168. The van der Waals surface area contributed by atoms with E-state index in [2.05, 4.69) is 6.92 Å². The molecule has 0 saturated heterocycles. The summed E-state index contributed by atoms with van der Waals surface area (Å²) >= 11 is 0. The second-order valence-corrected chi connectivity index (χ2v) is 9.65. The fraction of sp³-hybridized carbons (Fsp3) is 0.294. The van der Waals surface area contributed by atoms with Crippen LogP contribution in [-0.4, -0.2) is 32.5 Å². The van der Waals surface area contributed by atoms with Crippen molar-refractivity contribution < 1.29 is 19.1 Å². The molecule has 3 aromatic rings. The molecular weight excluding hydrogens is 486 g/mol. The van der Waals surface area contributed by atoms with Crippen LogP contribution in [0, 0.1) is 0 Å². The third-order valence-electron chi connectivity index (χ3n) is 6.23. The first kappa shape index (κ1) is 29.4. The van der Waals surface area contributed by atoms with Crippen LogP contribution in [0.1, 0.15) is 66.9 Å². The number of ether oxygens (including phenoxy) is 2. The average molecular weight is 526 g/mol. The smallest absolute Gasteiger partial charge is 0.336 e. The lowest BCUT2D eigenvalue weighted by Gasteiger charge is -2.11. The van der Waals surface area contributed by atoms with E-state index in [9.17, 15) is 9.59 Å². The summed E-state index contributed by atoms with van der Waals surface area (Å²) in [7, 11) is 3.96. The van der Waals surface area contributed by atoms with E-state index >= 15 is 0 Å². The molecule has 0 bridgehead atoms. The Morgan fingerprint density at radius 3 is 2.08 bits per heavy atom. The van der Waals surface area contributed by atoms with E-state index in [0.717, 1.165) is 35.6 Å². The molecule has 0 fully saturated rings. The maximum atomic E-state index is 12.6. The largest absolute Gasteiger partial charge is 0.494 e. The minimum Gasteiger partial charge on any atom is -0.494 e. The number of esters is 1. The topological polar surface area (TPSA) is 55.8 Å². The molecule has 0 N–H and O–H groups in total. The summed E-state index contributed by atoms with van der Waals surface area (Å²) in [5, 5.41) is 0. The number of benzene rings is 3. The highest BCUT2D eigenvalue weighted by atomic mass is 16.5. The molecule has 0 amide bonds. The van der Waals surface area contributed by atoms with Gasteiger partial charge >= 0.3 is 5.97 Å².